The van der Waals surface area contributed by atoms with Gasteiger partial charge < -0.3 is 15.3 Å². The third-order valence-corrected chi connectivity index (χ3v) is 6.04. The molecule has 2 aliphatic carbocycles. The first-order valence-electron chi connectivity index (χ1n) is 10.5. The van der Waals surface area contributed by atoms with Crippen LogP contribution in [0.2, 0.25) is 0 Å². The number of rotatable bonds is 9. The van der Waals surface area contributed by atoms with Gasteiger partial charge in [-0.1, -0.05) is 20.8 Å². The number of ether oxygens (including phenoxy) is 1. The molecule has 1 atom stereocenters. The number of carbonyl (C=O) groups is 2. The van der Waals surface area contributed by atoms with Gasteiger partial charge in [-0.3, -0.25) is 14.6 Å². The Labute approximate surface area is 167 Å². The lowest BCUT2D eigenvalue weighted by Crippen LogP contribution is -2.46. The number of carboxylic acids is 1. The van der Waals surface area contributed by atoms with E-state index >= 15 is 0 Å². The van der Waals surface area contributed by atoms with Gasteiger partial charge in [0.1, 0.15) is 0 Å². The second-order valence-electron chi connectivity index (χ2n) is 9.85. The molecule has 3 N–H and O–H groups in total. The number of carboxylic acid groups (broad SMARTS) is 1. The zero-order chi connectivity index (χ0) is 20.5. The highest BCUT2D eigenvalue weighted by Gasteiger charge is 2.44. The summed E-state index contributed by atoms with van der Waals surface area (Å²) in [6.07, 6.45) is 6.58. The first kappa shape index (κ1) is 21.0. The molecule has 28 heavy (non-hydrogen) atoms. The molecular weight excluding hydrogens is 358 g/mol. The van der Waals surface area contributed by atoms with Crippen molar-refractivity contribution in [1.82, 2.24) is 16.0 Å². The summed E-state index contributed by atoms with van der Waals surface area (Å²) in [4.78, 5) is 23.0. The van der Waals surface area contributed by atoms with Gasteiger partial charge in [0.15, 0.2) is 0 Å². The third kappa shape index (κ3) is 5.19. The number of hydrogen-bond acceptors (Lipinski definition) is 6. The maximum absolute atomic E-state index is 11.6. The van der Waals surface area contributed by atoms with Crippen LogP contribution in [0.15, 0.2) is 11.4 Å². The molecule has 0 unspecified atom stereocenters. The van der Waals surface area contributed by atoms with Crippen LogP contribution in [0.1, 0.15) is 72.1 Å². The molecule has 158 valence electrons. The average Bonchev–Trinajstić information content (AvgIpc) is 3.32. The summed E-state index contributed by atoms with van der Waals surface area (Å²) in [5, 5.41) is 11.4. The summed E-state index contributed by atoms with van der Waals surface area (Å²) in [6.45, 7) is 6.89. The molecule has 0 aromatic rings. The van der Waals surface area contributed by atoms with Gasteiger partial charge in [0.05, 0.1) is 31.0 Å². The topological polar surface area (TPSA) is 90.9 Å². The Bertz CT molecular complexity index is 630. The van der Waals surface area contributed by atoms with Gasteiger partial charge in [-0.15, -0.1) is 5.53 Å². The van der Waals surface area contributed by atoms with Crippen molar-refractivity contribution >= 4 is 11.9 Å². The van der Waals surface area contributed by atoms with Gasteiger partial charge in [0.2, 0.25) is 0 Å². The second kappa shape index (κ2) is 8.31. The number of carbonyl (C=O) groups excluding carboxylic acids is 1. The Balaban J connectivity index is 1.70. The molecule has 1 heterocycles. The van der Waals surface area contributed by atoms with Crippen LogP contribution >= 0.6 is 0 Å². The molecule has 0 amide bonds. The number of esters is 1. The number of hydrazine groups is 2. The molecule has 0 bridgehead atoms. The maximum Gasteiger partial charge on any atom is 0.305 e. The van der Waals surface area contributed by atoms with E-state index in [0.717, 1.165) is 18.8 Å². The molecule has 3 rings (SSSR count). The van der Waals surface area contributed by atoms with E-state index in [1.165, 1.54) is 37.8 Å². The van der Waals surface area contributed by atoms with Crippen molar-refractivity contribution in [2.75, 3.05) is 7.11 Å². The van der Waals surface area contributed by atoms with Crippen LogP contribution in [0.5, 0.6) is 0 Å². The smallest absolute Gasteiger partial charge is 0.305 e. The largest absolute Gasteiger partial charge is 0.481 e. The number of hydrogen-bond donors (Lipinski definition) is 3. The fourth-order valence-electron chi connectivity index (χ4n) is 4.66. The van der Waals surface area contributed by atoms with Crippen LogP contribution in [-0.2, 0) is 14.3 Å². The zero-order valence-corrected chi connectivity index (χ0v) is 17.6. The summed E-state index contributed by atoms with van der Waals surface area (Å²) < 4.78 is 4.74. The average molecular weight is 394 g/mol. The molecule has 3 aliphatic rings. The van der Waals surface area contributed by atoms with Crippen LogP contribution < -0.4 is 11.0 Å². The SMILES string of the molecule is COC(=O)CC[C@@H](CC(=O)O)N1NNC([C@H]2C[C@@H](CC(C)(C)C)C2)=C1C1CC1. The van der Waals surface area contributed by atoms with Crippen molar-refractivity contribution < 1.29 is 19.4 Å². The van der Waals surface area contributed by atoms with Gasteiger partial charge in [-0.05, 0) is 49.9 Å². The summed E-state index contributed by atoms with van der Waals surface area (Å²) in [7, 11) is 1.36. The van der Waals surface area contributed by atoms with Crippen LogP contribution in [0.4, 0.5) is 0 Å². The van der Waals surface area contributed by atoms with Crippen LogP contribution in [0.25, 0.3) is 0 Å². The third-order valence-electron chi connectivity index (χ3n) is 6.04. The number of allylic oxidation sites excluding steroid dienone is 2. The monoisotopic (exact) mass is 393 g/mol. The molecular formula is C21H35N3O4. The van der Waals surface area contributed by atoms with E-state index in [9.17, 15) is 14.7 Å². The summed E-state index contributed by atoms with van der Waals surface area (Å²) in [5.74, 6) is 0.626. The highest BCUT2D eigenvalue weighted by atomic mass is 16.5. The minimum atomic E-state index is -0.853. The molecule has 2 saturated carbocycles. The van der Waals surface area contributed by atoms with Gasteiger partial charge in [-0.25, -0.2) is 0 Å². The molecule has 0 radical (unpaired) electrons. The van der Waals surface area contributed by atoms with Crippen LogP contribution in [-0.4, -0.2) is 35.2 Å². The highest BCUT2D eigenvalue weighted by Crippen LogP contribution is 2.49. The van der Waals surface area contributed by atoms with E-state index < -0.39 is 5.97 Å². The number of nitrogens with one attached hydrogen (secondary N) is 2. The second-order valence-corrected chi connectivity index (χ2v) is 9.85. The summed E-state index contributed by atoms with van der Waals surface area (Å²) in [6, 6.07) is -0.275. The Hall–Kier alpha value is -1.76. The normalized spacial score (nSPS) is 25.9. The quantitative estimate of drug-likeness (QED) is 0.518. The predicted octanol–water partition coefficient (Wildman–Crippen LogP) is 3.19. The fourth-order valence-corrected chi connectivity index (χ4v) is 4.66. The lowest BCUT2D eigenvalue weighted by molar-refractivity contribution is -0.142. The number of nitrogens with zero attached hydrogens (tertiary/aromatic N) is 1. The molecule has 0 saturated heterocycles. The van der Waals surface area contributed by atoms with Crippen molar-refractivity contribution in [2.45, 2.75) is 78.2 Å². The molecule has 7 nitrogen and oxygen atoms in total. The summed E-state index contributed by atoms with van der Waals surface area (Å²) in [5.41, 5.74) is 9.44. The van der Waals surface area contributed by atoms with Crippen molar-refractivity contribution in [3.05, 3.63) is 11.4 Å². The minimum Gasteiger partial charge on any atom is -0.481 e. The van der Waals surface area contributed by atoms with Crippen molar-refractivity contribution in [1.29, 1.82) is 0 Å². The van der Waals surface area contributed by atoms with E-state index in [4.69, 9.17) is 4.74 Å². The Kier molecular flexibility index (Phi) is 6.22. The first-order chi connectivity index (χ1) is 13.2. The standard InChI is InChI=1S/C21H35N3O4/c1-21(2,3)12-13-9-15(10-13)19-20(14-5-6-14)24(23-22-19)16(11-17(25)26)7-8-18(27)28-4/h13-16,22-23H,5-12H2,1-4H3,(H,25,26)/t13-,15+,16-/m0/s1. The Morgan fingerprint density at radius 3 is 2.46 bits per heavy atom. The van der Waals surface area contributed by atoms with Crippen molar-refractivity contribution in [2.24, 2.45) is 23.2 Å². The van der Waals surface area contributed by atoms with E-state index in [1.807, 2.05) is 5.01 Å². The van der Waals surface area contributed by atoms with E-state index in [0.29, 0.717) is 23.7 Å². The van der Waals surface area contributed by atoms with Gasteiger partial charge in [0, 0.05) is 18.3 Å². The molecule has 2 fully saturated rings. The fraction of sp³-hybridized carbons (Fsp3) is 0.810. The lowest BCUT2D eigenvalue weighted by Gasteiger charge is -2.39. The molecule has 0 spiro atoms. The molecule has 7 heteroatoms. The zero-order valence-electron chi connectivity index (χ0n) is 17.6. The van der Waals surface area contributed by atoms with E-state index in [-0.39, 0.29) is 24.9 Å². The van der Waals surface area contributed by atoms with Gasteiger partial charge >= 0.3 is 11.9 Å². The van der Waals surface area contributed by atoms with Gasteiger partial charge in [-0.2, -0.15) is 0 Å². The summed E-state index contributed by atoms with van der Waals surface area (Å²) >= 11 is 0. The Morgan fingerprint density at radius 1 is 1.25 bits per heavy atom. The van der Waals surface area contributed by atoms with Crippen LogP contribution in [0.3, 0.4) is 0 Å². The lowest BCUT2D eigenvalue weighted by atomic mass is 9.67. The van der Waals surface area contributed by atoms with Gasteiger partial charge in [0.25, 0.3) is 0 Å². The molecule has 0 aromatic heterocycles. The highest BCUT2D eigenvalue weighted by molar-refractivity contribution is 5.70. The molecule has 1 aliphatic heterocycles. The van der Waals surface area contributed by atoms with E-state index in [1.54, 1.807) is 0 Å². The minimum absolute atomic E-state index is 0.00745. The molecule has 0 aromatic carbocycles. The van der Waals surface area contributed by atoms with Crippen LogP contribution in [0, 0.1) is 23.2 Å². The number of aliphatic carboxylic acids is 1. The number of methoxy groups -OCH3 is 1. The predicted molar refractivity (Wildman–Crippen MR) is 105 cm³/mol. The Morgan fingerprint density at radius 2 is 1.93 bits per heavy atom. The van der Waals surface area contributed by atoms with Crippen molar-refractivity contribution in [3.63, 3.8) is 0 Å². The van der Waals surface area contributed by atoms with E-state index in [2.05, 4.69) is 31.7 Å². The van der Waals surface area contributed by atoms with Crippen molar-refractivity contribution in [3.8, 4) is 0 Å². The first-order valence-corrected chi connectivity index (χ1v) is 10.5. The maximum atomic E-state index is 11.6.